The first kappa shape index (κ1) is 20.4. The summed E-state index contributed by atoms with van der Waals surface area (Å²) in [4.78, 5) is 29.0. The van der Waals surface area contributed by atoms with Crippen LogP contribution in [0.3, 0.4) is 0 Å². The van der Waals surface area contributed by atoms with Gasteiger partial charge in [0.1, 0.15) is 0 Å². The van der Waals surface area contributed by atoms with Gasteiger partial charge in [-0.2, -0.15) is 0 Å². The molecule has 0 N–H and O–H groups in total. The van der Waals surface area contributed by atoms with Crippen LogP contribution in [0.2, 0.25) is 0 Å². The standard InChI is InChI=1S/C23H22Br2N2O2/c24-19-6-1-17(2-7-19)3-10-21(28)27-15-23(16-27)11-13-26(14-12-23)22(29)18-4-8-20(25)9-5-18/h1-10H,11-16H2. The second-order valence-corrected chi connectivity index (χ2v) is 9.71. The topological polar surface area (TPSA) is 40.6 Å². The number of nitrogens with zero attached hydrogens (tertiary/aromatic N) is 2. The summed E-state index contributed by atoms with van der Waals surface area (Å²) in [5.41, 5.74) is 1.92. The highest BCUT2D eigenvalue weighted by molar-refractivity contribution is 9.10. The molecule has 2 amide bonds. The molecule has 0 bridgehead atoms. The van der Waals surface area contributed by atoms with Crippen molar-refractivity contribution >= 4 is 49.8 Å². The molecule has 6 heteroatoms. The van der Waals surface area contributed by atoms with E-state index in [2.05, 4.69) is 31.9 Å². The first-order chi connectivity index (χ1) is 13.9. The van der Waals surface area contributed by atoms with E-state index in [-0.39, 0.29) is 17.2 Å². The van der Waals surface area contributed by atoms with E-state index < -0.39 is 0 Å². The van der Waals surface area contributed by atoms with E-state index >= 15 is 0 Å². The van der Waals surface area contributed by atoms with Crippen LogP contribution < -0.4 is 0 Å². The SMILES string of the molecule is O=C(C=Cc1ccc(Br)cc1)N1CC2(CCN(C(=O)c3ccc(Br)cc3)CC2)C1. The Morgan fingerprint density at radius 1 is 0.828 bits per heavy atom. The third-order valence-electron chi connectivity index (χ3n) is 5.86. The molecule has 0 saturated carbocycles. The Kier molecular flexibility index (Phi) is 5.93. The van der Waals surface area contributed by atoms with Crippen molar-refractivity contribution in [3.8, 4) is 0 Å². The Morgan fingerprint density at radius 2 is 1.38 bits per heavy atom. The van der Waals surface area contributed by atoms with Gasteiger partial charge in [-0.3, -0.25) is 9.59 Å². The minimum Gasteiger partial charge on any atom is -0.339 e. The summed E-state index contributed by atoms with van der Waals surface area (Å²) in [7, 11) is 0. The minimum absolute atomic E-state index is 0.0620. The molecule has 0 aliphatic carbocycles. The van der Waals surface area contributed by atoms with E-state index in [0.29, 0.717) is 0 Å². The first-order valence-corrected chi connectivity index (χ1v) is 11.3. The van der Waals surface area contributed by atoms with Gasteiger partial charge in [0.25, 0.3) is 5.91 Å². The fraction of sp³-hybridized carbons (Fsp3) is 0.304. The third-order valence-corrected chi connectivity index (χ3v) is 6.91. The average molecular weight is 518 g/mol. The maximum atomic E-state index is 12.7. The molecule has 0 unspecified atom stereocenters. The lowest BCUT2D eigenvalue weighted by molar-refractivity contribution is -0.140. The van der Waals surface area contributed by atoms with E-state index in [1.54, 1.807) is 6.08 Å². The fourth-order valence-electron chi connectivity index (χ4n) is 4.04. The van der Waals surface area contributed by atoms with Gasteiger partial charge in [-0.1, -0.05) is 44.0 Å². The van der Waals surface area contributed by atoms with Gasteiger partial charge in [-0.25, -0.2) is 0 Å². The van der Waals surface area contributed by atoms with Crippen LogP contribution in [0, 0.1) is 5.41 Å². The molecule has 2 heterocycles. The second kappa shape index (κ2) is 8.44. The lowest BCUT2D eigenvalue weighted by atomic mass is 9.72. The van der Waals surface area contributed by atoms with Gasteiger partial charge in [0.05, 0.1) is 0 Å². The van der Waals surface area contributed by atoms with Crippen molar-refractivity contribution < 1.29 is 9.59 Å². The van der Waals surface area contributed by atoms with Crippen LogP contribution >= 0.6 is 31.9 Å². The van der Waals surface area contributed by atoms with Gasteiger partial charge in [-0.05, 0) is 60.9 Å². The number of amides is 2. The monoisotopic (exact) mass is 516 g/mol. The largest absolute Gasteiger partial charge is 0.339 e. The van der Waals surface area contributed by atoms with Crippen molar-refractivity contribution in [2.75, 3.05) is 26.2 Å². The fourth-order valence-corrected chi connectivity index (χ4v) is 4.57. The van der Waals surface area contributed by atoms with Crippen LogP contribution in [0.1, 0.15) is 28.8 Å². The molecule has 4 nitrogen and oxygen atoms in total. The van der Waals surface area contributed by atoms with Crippen LogP contribution in [-0.4, -0.2) is 47.8 Å². The van der Waals surface area contributed by atoms with E-state index in [0.717, 1.165) is 59.1 Å². The predicted molar refractivity (Wildman–Crippen MR) is 121 cm³/mol. The zero-order valence-corrected chi connectivity index (χ0v) is 19.2. The third kappa shape index (κ3) is 4.64. The molecule has 150 valence electrons. The van der Waals surface area contributed by atoms with Gasteiger partial charge in [-0.15, -0.1) is 0 Å². The molecule has 0 radical (unpaired) electrons. The van der Waals surface area contributed by atoms with Gasteiger partial charge in [0.2, 0.25) is 5.91 Å². The quantitative estimate of drug-likeness (QED) is 0.538. The summed E-state index contributed by atoms with van der Waals surface area (Å²) >= 11 is 6.82. The number of hydrogen-bond donors (Lipinski definition) is 0. The molecular weight excluding hydrogens is 496 g/mol. The van der Waals surface area contributed by atoms with Crippen molar-refractivity contribution in [1.29, 1.82) is 0 Å². The lowest BCUT2D eigenvalue weighted by Gasteiger charge is -2.53. The number of benzene rings is 2. The van der Waals surface area contributed by atoms with Gasteiger partial charge in [0.15, 0.2) is 0 Å². The summed E-state index contributed by atoms with van der Waals surface area (Å²) in [5, 5.41) is 0. The summed E-state index contributed by atoms with van der Waals surface area (Å²) in [5.74, 6) is 0.156. The molecule has 0 aromatic heterocycles. The summed E-state index contributed by atoms with van der Waals surface area (Å²) in [6.45, 7) is 3.09. The maximum Gasteiger partial charge on any atom is 0.253 e. The van der Waals surface area contributed by atoms with Crippen molar-refractivity contribution in [1.82, 2.24) is 9.80 Å². The molecule has 2 saturated heterocycles. The van der Waals surface area contributed by atoms with Crippen LogP contribution in [0.25, 0.3) is 6.08 Å². The highest BCUT2D eigenvalue weighted by Crippen LogP contribution is 2.40. The molecule has 2 fully saturated rings. The zero-order valence-electron chi connectivity index (χ0n) is 16.0. The Morgan fingerprint density at radius 3 is 1.97 bits per heavy atom. The predicted octanol–water partition coefficient (Wildman–Crippen LogP) is 4.99. The van der Waals surface area contributed by atoms with Crippen molar-refractivity contribution in [2.45, 2.75) is 12.8 Å². The number of carbonyl (C=O) groups excluding carboxylic acids is 2. The number of rotatable bonds is 3. The van der Waals surface area contributed by atoms with E-state index in [4.69, 9.17) is 0 Å². The summed E-state index contributed by atoms with van der Waals surface area (Å²) in [6, 6.07) is 15.4. The van der Waals surface area contributed by atoms with Crippen molar-refractivity contribution in [3.63, 3.8) is 0 Å². The highest BCUT2D eigenvalue weighted by Gasteiger charge is 2.46. The number of hydrogen-bond acceptors (Lipinski definition) is 2. The van der Waals surface area contributed by atoms with E-state index in [1.165, 1.54) is 0 Å². The van der Waals surface area contributed by atoms with Crippen LogP contribution in [-0.2, 0) is 4.79 Å². The van der Waals surface area contributed by atoms with Crippen LogP contribution in [0.4, 0.5) is 0 Å². The minimum atomic E-state index is 0.0620. The first-order valence-electron chi connectivity index (χ1n) is 9.72. The molecule has 29 heavy (non-hydrogen) atoms. The van der Waals surface area contributed by atoms with Crippen LogP contribution in [0.5, 0.6) is 0 Å². The summed E-state index contributed by atoms with van der Waals surface area (Å²) in [6.07, 6.45) is 5.42. The lowest BCUT2D eigenvalue weighted by Crippen LogP contribution is -2.62. The smallest absolute Gasteiger partial charge is 0.253 e. The zero-order chi connectivity index (χ0) is 20.4. The highest BCUT2D eigenvalue weighted by atomic mass is 79.9. The Labute approximate surface area is 187 Å². The number of halogens is 2. The average Bonchev–Trinajstić information content (AvgIpc) is 2.71. The maximum absolute atomic E-state index is 12.7. The molecule has 0 atom stereocenters. The van der Waals surface area contributed by atoms with Crippen molar-refractivity contribution in [2.24, 2.45) is 5.41 Å². The Bertz CT molecular complexity index is 922. The Balaban J connectivity index is 1.27. The molecule has 2 aromatic carbocycles. The van der Waals surface area contributed by atoms with E-state index in [1.807, 2.05) is 64.4 Å². The molecular formula is C23H22Br2N2O2. The molecule has 2 aliphatic rings. The van der Waals surface area contributed by atoms with E-state index in [9.17, 15) is 9.59 Å². The number of likely N-dealkylation sites (tertiary alicyclic amines) is 2. The number of carbonyl (C=O) groups is 2. The summed E-state index contributed by atoms with van der Waals surface area (Å²) < 4.78 is 2.00. The normalized spacial score (nSPS) is 18.1. The van der Waals surface area contributed by atoms with Crippen molar-refractivity contribution in [3.05, 3.63) is 74.7 Å². The van der Waals surface area contributed by atoms with Gasteiger partial charge < -0.3 is 9.80 Å². The second-order valence-electron chi connectivity index (χ2n) is 7.88. The van der Waals surface area contributed by atoms with Crippen LogP contribution in [0.15, 0.2) is 63.6 Å². The van der Waals surface area contributed by atoms with Gasteiger partial charge in [0, 0.05) is 52.2 Å². The Hall–Kier alpha value is -1.92. The number of piperidine rings is 1. The molecule has 4 rings (SSSR count). The molecule has 2 aromatic rings. The molecule has 2 aliphatic heterocycles. The molecule has 1 spiro atoms. The van der Waals surface area contributed by atoms with Gasteiger partial charge >= 0.3 is 0 Å².